The summed E-state index contributed by atoms with van der Waals surface area (Å²) in [5.41, 5.74) is 1.12. The molecule has 1 aromatic carbocycles. The Morgan fingerprint density at radius 1 is 1.14 bits per heavy atom. The van der Waals surface area contributed by atoms with Crippen LogP contribution in [0.25, 0.3) is 0 Å². The quantitative estimate of drug-likeness (QED) is 0.755. The molecule has 0 aromatic heterocycles. The van der Waals surface area contributed by atoms with Gasteiger partial charge >= 0.3 is 0 Å². The highest BCUT2D eigenvalue weighted by Gasteiger charge is 2.18. The van der Waals surface area contributed by atoms with E-state index in [9.17, 15) is 9.59 Å². The van der Waals surface area contributed by atoms with Crippen molar-refractivity contribution < 1.29 is 14.3 Å². The van der Waals surface area contributed by atoms with E-state index >= 15 is 0 Å². The van der Waals surface area contributed by atoms with Crippen LogP contribution in [0.2, 0.25) is 0 Å². The molecule has 1 aromatic rings. The molecular formula is C17H24N2O3. The molecule has 1 saturated carbocycles. The zero-order valence-corrected chi connectivity index (χ0v) is 13.1. The van der Waals surface area contributed by atoms with Crippen LogP contribution in [0.4, 0.5) is 0 Å². The van der Waals surface area contributed by atoms with Gasteiger partial charge in [-0.1, -0.05) is 25.0 Å². The highest BCUT2D eigenvalue weighted by atomic mass is 16.5. The van der Waals surface area contributed by atoms with Gasteiger partial charge in [-0.25, -0.2) is 0 Å². The molecule has 0 heterocycles. The number of carbonyl (C=O) groups is 2. The topological polar surface area (TPSA) is 67.4 Å². The summed E-state index contributed by atoms with van der Waals surface area (Å²) >= 11 is 0. The second kappa shape index (κ2) is 8.41. The summed E-state index contributed by atoms with van der Waals surface area (Å²) in [6.07, 6.45) is 5.05. The molecule has 0 radical (unpaired) electrons. The summed E-state index contributed by atoms with van der Waals surface area (Å²) in [5, 5.41) is 5.70. The summed E-state index contributed by atoms with van der Waals surface area (Å²) in [6.45, 7) is 0.530. The van der Waals surface area contributed by atoms with E-state index < -0.39 is 0 Å². The van der Waals surface area contributed by atoms with Crippen LogP contribution in [0.15, 0.2) is 24.3 Å². The maximum atomic E-state index is 11.7. The third-order valence-corrected chi connectivity index (χ3v) is 3.94. The van der Waals surface area contributed by atoms with E-state index in [1.807, 2.05) is 24.3 Å². The van der Waals surface area contributed by atoms with E-state index in [2.05, 4.69) is 10.6 Å². The average Bonchev–Trinajstić information content (AvgIpc) is 3.00. The average molecular weight is 304 g/mol. The van der Waals surface area contributed by atoms with Crippen LogP contribution < -0.4 is 15.4 Å². The number of nitrogens with one attached hydrogen (secondary N) is 2. The van der Waals surface area contributed by atoms with Crippen molar-refractivity contribution in [3.05, 3.63) is 29.8 Å². The minimum absolute atomic E-state index is 0.0842. The van der Waals surface area contributed by atoms with E-state index in [1.165, 1.54) is 12.8 Å². The number of hydrogen-bond acceptors (Lipinski definition) is 3. The Morgan fingerprint density at radius 3 is 2.45 bits per heavy atom. The first-order valence-corrected chi connectivity index (χ1v) is 7.86. The van der Waals surface area contributed by atoms with Gasteiger partial charge in [-0.05, 0) is 37.0 Å². The highest BCUT2D eigenvalue weighted by molar-refractivity contribution is 5.96. The number of carbonyl (C=O) groups excluding carboxylic acids is 2. The minimum Gasteiger partial charge on any atom is -0.497 e. The molecule has 1 fully saturated rings. The van der Waals surface area contributed by atoms with Gasteiger partial charge in [0, 0.05) is 12.6 Å². The molecule has 2 rings (SSSR count). The molecule has 0 saturated heterocycles. The van der Waals surface area contributed by atoms with Crippen LogP contribution in [-0.4, -0.2) is 31.5 Å². The lowest BCUT2D eigenvalue weighted by molar-refractivity contribution is -0.129. The van der Waals surface area contributed by atoms with Crippen molar-refractivity contribution in [3.8, 4) is 5.75 Å². The Morgan fingerprint density at radius 2 is 1.82 bits per heavy atom. The molecule has 2 N–H and O–H groups in total. The molecule has 0 unspecified atom stereocenters. The van der Waals surface area contributed by atoms with Gasteiger partial charge < -0.3 is 15.4 Å². The fourth-order valence-corrected chi connectivity index (χ4v) is 2.70. The first-order chi connectivity index (χ1) is 10.7. The largest absolute Gasteiger partial charge is 0.497 e. The van der Waals surface area contributed by atoms with Crippen molar-refractivity contribution in [2.24, 2.45) is 0 Å². The fraction of sp³-hybridized carbons (Fsp3) is 0.529. The summed E-state index contributed by atoms with van der Waals surface area (Å²) in [4.78, 5) is 23.5. The monoisotopic (exact) mass is 304 g/mol. The lowest BCUT2D eigenvalue weighted by Crippen LogP contribution is -2.37. The normalized spacial score (nSPS) is 14.6. The lowest BCUT2D eigenvalue weighted by Gasteiger charge is -2.11. The molecule has 1 aliphatic carbocycles. The molecule has 5 nitrogen and oxygen atoms in total. The predicted octanol–water partition coefficient (Wildman–Crippen LogP) is 1.80. The SMILES string of the molecule is COc1ccc(CCNC(=O)CC(=O)NC2CCCC2)cc1. The number of rotatable bonds is 7. The first-order valence-electron chi connectivity index (χ1n) is 7.86. The molecule has 0 atom stereocenters. The van der Waals surface area contributed by atoms with E-state index in [1.54, 1.807) is 7.11 Å². The highest BCUT2D eigenvalue weighted by Crippen LogP contribution is 2.17. The summed E-state index contributed by atoms with van der Waals surface area (Å²) in [5.74, 6) is 0.425. The molecule has 120 valence electrons. The van der Waals surface area contributed by atoms with Gasteiger partial charge in [0.2, 0.25) is 11.8 Å². The third-order valence-electron chi connectivity index (χ3n) is 3.94. The standard InChI is InChI=1S/C17H24N2O3/c1-22-15-8-6-13(7-9-15)10-11-18-16(20)12-17(21)19-14-4-2-3-5-14/h6-9,14H,2-5,10-12H2,1H3,(H,18,20)(H,19,21). The smallest absolute Gasteiger partial charge is 0.229 e. The third kappa shape index (κ3) is 5.39. The van der Waals surface area contributed by atoms with Gasteiger partial charge in [0.1, 0.15) is 12.2 Å². The van der Waals surface area contributed by atoms with Gasteiger partial charge in [0.25, 0.3) is 0 Å². The van der Waals surface area contributed by atoms with Crippen LogP contribution in [0, 0.1) is 0 Å². The van der Waals surface area contributed by atoms with Crippen molar-refractivity contribution in [3.63, 3.8) is 0 Å². The fourth-order valence-electron chi connectivity index (χ4n) is 2.70. The molecule has 0 aliphatic heterocycles. The van der Waals surface area contributed by atoms with Crippen molar-refractivity contribution in [1.29, 1.82) is 0 Å². The Kier molecular flexibility index (Phi) is 6.25. The summed E-state index contributed by atoms with van der Waals surface area (Å²) in [6, 6.07) is 7.99. The van der Waals surface area contributed by atoms with Gasteiger partial charge in [-0.3, -0.25) is 9.59 Å². The number of methoxy groups -OCH3 is 1. The number of ether oxygens (including phenoxy) is 1. The Hall–Kier alpha value is -2.04. The van der Waals surface area contributed by atoms with Gasteiger partial charge in [0.05, 0.1) is 7.11 Å². The van der Waals surface area contributed by atoms with Crippen LogP contribution in [0.1, 0.15) is 37.7 Å². The van der Waals surface area contributed by atoms with E-state index in [4.69, 9.17) is 4.74 Å². The maximum Gasteiger partial charge on any atom is 0.229 e. The van der Waals surface area contributed by atoms with Crippen LogP contribution in [-0.2, 0) is 16.0 Å². The molecule has 0 bridgehead atoms. The minimum atomic E-state index is -0.219. The predicted molar refractivity (Wildman–Crippen MR) is 84.7 cm³/mol. The van der Waals surface area contributed by atoms with Gasteiger partial charge in [-0.15, -0.1) is 0 Å². The van der Waals surface area contributed by atoms with Crippen molar-refractivity contribution in [2.75, 3.05) is 13.7 Å². The maximum absolute atomic E-state index is 11.7. The molecule has 5 heteroatoms. The molecule has 1 aliphatic rings. The van der Waals surface area contributed by atoms with Crippen molar-refractivity contribution >= 4 is 11.8 Å². The van der Waals surface area contributed by atoms with Crippen LogP contribution in [0.5, 0.6) is 5.75 Å². The lowest BCUT2D eigenvalue weighted by atomic mass is 10.1. The van der Waals surface area contributed by atoms with Crippen LogP contribution in [0.3, 0.4) is 0 Å². The molecule has 22 heavy (non-hydrogen) atoms. The molecular weight excluding hydrogens is 280 g/mol. The van der Waals surface area contributed by atoms with Crippen molar-refractivity contribution in [2.45, 2.75) is 44.6 Å². The number of hydrogen-bond donors (Lipinski definition) is 2. The van der Waals surface area contributed by atoms with Gasteiger partial charge in [-0.2, -0.15) is 0 Å². The number of benzene rings is 1. The second-order valence-electron chi connectivity index (χ2n) is 5.67. The van der Waals surface area contributed by atoms with Crippen molar-refractivity contribution in [1.82, 2.24) is 10.6 Å². The van der Waals surface area contributed by atoms with E-state index in [0.29, 0.717) is 6.54 Å². The Bertz CT molecular complexity index is 493. The molecule has 2 amide bonds. The second-order valence-corrected chi connectivity index (χ2v) is 5.67. The van der Waals surface area contributed by atoms with E-state index in [-0.39, 0.29) is 24.3 Å². The zero-order valence-electron chi connectivity index (χ0n) is 13.1. The zero-order chi connectivity index (χ0) is 15.8. The first kappa shape index (κ1) is 16.3. The Balaban J connectivity index is 1.63. The summed E-state index contributed by atoms with van der Waals surface area (Å²) in [7, 11) is 1.63. The number of amides is 2. The van der Waals surface area contributed by atoms with Gasteiger partial charge in [0.15, 0.2) is 0 Å². The molecule has 0 spiro atoms. The summed E-state index contributed by atoms with van der Waals surface area (Å²) < 4.78 is 5.10. The van der Waals surface area contributed by atoms with E-state index in [0.717, 1.165) is 30.6 Å². The van der Waals surface area contributed by atoms with Crippen LogP contribution >= 0.6 is 0 Å². The Labute approximate surface area is 131 Å².